The van der Waals surface area contributed by atoms with Crippen molar-refractivity contribution in [1.82, 2.24) is 20.1 Å². The summed E-state index contributed by atoms with van der Waals surface area (Å²) in [6.45, 7) is 3.25. The average Bonchev–Trinajstić information content (AvgIpc) is 3.44. The van der Waals surface area contributed by atoms with Crippen LogP contribution in [0.4, 0.5) is 9.18 Å². The highest BCUT2D eigenvalue weighted by Crippen LogP contribution is 2.41. The molecule has 0 unspecified atom stereocenters. The summed E-state index contributed by atoms with van der Waals surface area (Å²) in [5.74, 6) is -0.528. The number of hydrogen-bond donors (Lipinski definition) is 1. The Morgan fingerprint density at radius 1 is 1.09 bits per heavy atom. The minimum Gasteiger partial charge on any atom is -0.376 e. The Hall–Kier alpha value is -2.84. The number of nitrogens with one attached hydrogen (secondary N) is 1. The van der Waals surface area contributed by atoms with Crippen LogP contribution in [0.3, 0.4) is 0 Å². The number of likely N-dealkylation sites (tertiary alicyclic amines) is 1. The maximum Gasteiger partial charge on any atom is 0.325 e. The van der Waals surface area contributed by atoms with E-state index in [-0.39, 0.29) is 36.3 Å². The molecule has 0 radical (unpaired) electrons. The number of hydrogen-bond acceptors (Lipinski definition) is 5. The number of halogens is 1. The fourth-order valence-corrected chi connectivity index (χ4v) is 5.38. The normalized spacial score (nSPS) is 26.7. The molecular formula is C25H29FN4O3. The third-order valence-electron chi connectivity index (χ3n) is 7.13. The summed E-state index contributed by atoms with van der Waals surface area (Å²) >= 11 is 0. The number of carbonyl (C=O) groups is 2. The topological polar surface area (TPSA) is 74.8 Å². The molecule has 1 aromatic carbocycles. The van der Waals surface area contributed by atoms with Gasteiger partial charge in [0.1, 0.15) is 5.82 Å². The number of carbonyl (C=O) groups excluding carboxylic acids is 2. The van der Waals surface area contributed by atoms with Crippen LogP contribution in [-0.4, -0.2) is 59.1 Å². The Balaban J connectivity index is 1.35. The fourth-order valence-electron chi connectivity index (χ4n) is 5.38. The third-order valence-corrected chi connectivity index (χ3v) is 7.13. The van der Waals surface area contributed by atoms with Gasteiger partial charge in [0.05, 0.1) is 18.3 Å². The molecule has 7 nitrogen and oxygen atoms in total. The molecule has 3 amide bonds. The molecule has 5 rings (SSSR count). The number of piperidine rings is 1. The molecule has 174 valence electrons. The van der Waals surface area contributed by atoms with Gasteiger partial charge in [0.2, 0.25) is 0 Å². The van der Waals surface area contributed by atoms with E-state index in [1.165, 1.54) is 17.0 Å². The number of rotatable bonds is 6. The summed E-state index contributed by atoms with van der Waals surface area (Å²) in [6.07, 6.45) is 4.87. The van der Waals surface area contributed by atoms with Crippen molar-refractivity contribution in [3.8, 4) is 0 Å². The summed E-state index contributed by atoms with van der Waals surface area (Å²) in [5.41, 5.74) is 0.497. The van der Waals surface area contributed by atoms with E-state index in [4.69, 9.17) is 4.74 Å². The SMILES string of the molecule is O=C1N[C@](c2ccccn2)(C2CCN(Cc3ccc(F)cc3)CC2)C(=O)N1C[C@H]1CCCO1. The highest BCUT2D eigenvalue weighted by molar-refractivity contribution is 6.07. The summed E-state index contributed by atoms with van der Waals surface area (Å²) < 4.78 is 18.9. The van der Waals surface area contributed by atoms with E-state index in [0.717, 1.165) is 50.9 Å². The lowest BCUT2D eigenvalue weighted by atomic mass is 9.75. The van der Waals surface area contributed by atoms with Gasteiger partial charge >= 0.3 is 6.03 Å². The van der Waals surface area contributed by atoms with E-state index in [2.05, 4.69) is 15.2 Å². The van der Waals surface area contributed by atoms with Gasteiger partial charge in [-0.25, -0.2) is 9.18 Å². The van der Waals surface area contributed by atoms with Gasteiger partial charge in [0.15, 0.2) is 5.54 Å². The van der Waals surface area contributed by atoms with Crippen molar-refractivity contribution in [2.75, 3.05) is 26.2 Å². The van der Waals surface area contributed by atoms with Gasteiger partial charge in [-0.3, -0.25) is 19.6 Å². The molecule has 2 atom stereocenters. The number of amides is 3. The first-order valence-electron chi connectivity index (χ1n) is 11.7. The molecule has 0 saturated carbocycles. The summed E-state index contributed by atoms with van der Waals surface area (Å²) in [6, 6.07) is 11.7. The van der Waals surface area contributed by atoms with Crippen molar-refractivity contribution in [2.24, 2.45) is 5.92 Å². The minimum atomic E-state index is -1.15. The molecule has 8 heteroatoms. The zero-order valence-corrected chi connectivity index (χ0v) is 18.6. The monoisotopic (exact) mass is 452 g/mol. The lowest BCUT2D eigenvalue weighted by Crippen LogP contribution is -2.54. The number of pyridine rings is 1. The van der Waals surface area contributed by atoms with Crippen LogP contribution < -0.4 is 5.32 Å². The van der Waals surface area contributed by atoms with Crippen LogP contribution in [0, 0.1) is 11.7 Å². The Morgan fingerprint density at radius 2 is 1.88 bits per heavy atom. The molecule has 0 aliphatic carbocycles. The molecule has 3 fully saturated rings. The zero-order valence-electron chi connectivity index (χ0n) is 18.6. The van der Waals surface area contributed by atoms with E-state index in [1.807, 2.05) is 18.2 Å². The van der Waals surface area contributed by atoms with Crippen LogP contribution in [0.15, 0.2) is 48.7 Å². The van der Waals surface area contributed by atoms with Crippen molar-refractivity contribution >= 4 is 11.9 Å². The van der Waals surface area contributed by atoms with Gasteiger partial charge in [-0.05, 0) is 74.5 Å². The zero-order chi connectivity index (χ0) is 22.8. The molecular weight excluding hydrogens is 423 g/mol. The third kappa shape index (κ3) is 4.25. The van der Waals surface area contributed by atoms with Crippen LogP contribution >= 0.6 is 0 Å². The molecule has 3 aliphatic rings. The fraction of sp³-hybridized carbons (Fsp3) is 0.480. The van der Waals surface area contributed by atoms with Gasteiger partial charge in [-0.1, -0.05) is 18.2 Å². The molecule has 3 saturated heterocycles. The maximum atomic E-state index is 13.8. The minimum absolute atomic E-state index is 0.0668. The molecule has 1 aromatic heterocycles. The number of nitrogens with zero attached hydrogens (tertiary/aromatic N) is 3. The van der Waals surface area contributed by atoms with Crippen molar-refractivity contribution in [3.63, 3.8) is 0 Å². The molecule has 0 bridgehead atoms. The Bertz CT molecular complexity index is 988. The van der Waals surface area contributed by atoms with Crippen LogP contribution in [-0.2, 0) is 21.6 Å². The maximum absolute atomic E-state index is 13.8. The highest BCUT2D eigenvalue weighted by atomic mass is 19.1. The Morgan fingerprint density at radius 3 is 2.55 bits per heavy atom. The largest absolute Gasteiger partial charge is 0.376 e. The lowest BCUT2D eigenvalue weighted by molar-refractivity contribution is -0.135. The van der Waals surface area contributed by atoms with Gasteiger partial charge in [-0.15, -0.1) is 0 Å². The van der Waals surface area contributed by atoms with Crippen LogP contribution in [0.25, 0.3) is 0 Å². The van der Waals surface area contributed by atoms with Crippen LogP contribution in [0.2, 0.25) is 0 Å². The van der Waals surface area contributed by atoms with Crippen molar-refractivity contribution in [3.05, 3.63) is 65.7 Å². The van der Waals surface area contributed by atoms with Crippen molar-refractivity contribution in [2.45, 2.75) is 43.9 Å². The predicted molar refractivity (Wildman–Crippen MR) is 120 cm³/mol. The van der Waals surface area contributed by atoms with E-state index >= 15 is 0 Å². The van der Waals surface area contributed by atoms with Crippen molar-refractivity contribution < 1.29 is 18.7 Å². The first-order chi connectivity index (χ1) is 16.1. The second-order valence-electron chi connectivity index (χ2n) is 9.18. The van der Waals surface area contributed by atoms with E-state index in [1.54, 1.807) is 18.3 Å². The molecule has 2 aromatic rings. The van der Waals surface area contributed by atoms with Gasteiger partial charge < -0.3 is 10.1 Å². The van der Waals surface area contributed by atoms with Crippen LogP contribution in [0.5, 0.6) is 0 Å². The average molecular weight is 453 g/mol. The standard InChI is InChI=1S/C25H29FN4O3/c26-20-8-6-18(7-9-20)16-29-13-10-19(11-14-29)25(22-5-1-2-12-27-22)23(31)30(24(32)28-25)17-21-4-3-15-33-21/h1-2,5-9,12,19,21H,3-4,10-11,13-17H2,(H,28,32)/t21-,25+/m1/s1. The molecule has 0 spiro atoms. The number of imide groups is 1. The van der Waals surface area contributed by atoms with E-state index in [9.17, 15) is 14.0 Å². The summed E-state index contributed by atoms with van der Waals surface area (Å²) in [7, 11) is 0. The number of aromatic nitrogens is 1. The molecule has 3 aliphatic heterocycles. The molecule has 1 N–H and O–H groups in total. The number of benzene rings is 1. The van der Waals surface area contributed by atoms with E-state index < -0.39 is 5.54 Å². The van der Waals surface area contributed by atoms with Gasteiger partial charge in [0.25, 0.3) is 5.91 Å². The smallest absolute Gasteiger partial charge is 0.325 e. The Labute approximate surface area is 192 Å². The first-order valence-corrected chi connectivity index (χ1v) is 11.7. The second kappa shape index (κ2) is 9.19. The number of urea groups is 1. The second-order valence-corrected chi connectivity index (χ2v) is 9.18. The Kier molecular flexibility index (Phi) is 6.12. The summed E-state index contributed by atoms with van der Waals surface area (Å²) in [5, 5.41) is 3.06. The van der Waals surface area contributed by atoms with Gasteiger partial charge in [-0.2, -0.15) is 0 Å². The van der Waals surface area contributed by atoms with Gasteiger partial charge in [0, 0.05) is 19.3 Å². The number of ether oxygens (including phenoxy) is 1. The van der Waals surface area contributed by atoms with Crippen LogP contribution in [0.1, 0.15) is 36.9 Å². The highest BCUT2D eigenvalue weighted by Gasteiger charge is 2.58. The first kappa shape index (κ1) is 22.0. The lowest BCUT2D eigenvalue weighted by Gasteiger charge is -2.40. The molecule has 4 heterocycles. The quantitative estimate of drug-likeness (QED) is 0.682. The van der Waals surface area contributed by atoms with E-state index in [0.29, 0.717) is 12.3 Å². The summed E-state index contributed by atoms with van der Waals surface area (Å²) in [4.78, 5) is 35.0. The molecule has 33 heavy (non-hydrogen) atoms. The predicted octanol–water partition coefficient (Wildman–Crippen LogP) is 3.06. The van der Waals surface area contributed by atoms with Crippen molar-refractivity contribution in [1.29, 1.82) is 0 Å².